The van der Waals surface area contributed by atoms with E-state index in [1.807, 2.05) is 0 Å². The van der Waals surface area contributed by atoms with Gasteiger partial charge in [-0.1, -0.05) is 58.7 Å². The Morgan fingerprint density at radius 2 is 1.79 bits per heavy atom. The van der Waals surface area contributed by atoms with Crippen molar-refractivity contribution in [3.8, 4) is 0 Å². The van der Waals surface area contributed by atoms with Crippen LogP contribution < -0.4 is 5.32 Å². The first kappa shape index (κ1) is 18.8. The van der Waals surface area contributed by atoms with Gasteiger partial charge in [0.1, 0.15) is 0 Å². The fourth-order valence-corrected chi connectivity index (χ4v) is 3.90. The predicted octanol–water partition coefficient (Wildman–Crippen LogP) is 7.43. The van der Waals surface area contributed by atoms with E-state index in [4.69, 9.17) is 0 Å². The molecule has 24 heavy (non-hydrogen) atoms. The molecule has 1 aliphatic rings. The minimum Gasteiger partial charge on any atom is -0.355 e. The zero-order valence-electron chi connectivity index (χ0n) is 16.5. The summed E-state index contributed by atoms with van der Waals surface area (Å²) in [4.78, 5) is 0. The molecule has 1 N–H and O–H groups in total. The van der Waals surface area contributed by atoms with Crippen LogP contribution in [0.25, 0.3) is 0 Å². The van der Waals surface area contributed by atoms with Crippen molar-refractivity contribution in [2.24, 2.45) is 5.41 Å². The average Bonchev–Trinajstić information content (AvgIpc) is 2.56. The summed E-state index contributed by atoms with van der Waals surface area (Å²) in [5.41, 5.74) is 7.15. The second-order valence-corrected chi connectivity index (χ2v) is 7.97. The van der Waals surface area contributed by atoms with E-state index < -0.39 is 0 Å². The molecule has 1 nitrogen and oxygen atoms in total. The molecule has 132 valence electrons. The van der Waals surface area contributed by atoms with Crippen LogP contribution >= 0.6 is 0 Å². The first-order valence-corrected chi connectivity index (χ1v) is 9.65. The van der Waals surface area contributed by atoms with E-state index in [9.17, 15) is 0 Å². The SMILES string of the molecule is CCCCC1(C)C=C(C)C(Nc2ccc([C@H](C)CC)cc2)=C(C)C1. The van der Waals surface area contributed by atoms with Crippen LogP contribution in [-0.4, -0.2) is 0 Å². The van der Waals surface area contributed by atoms with E-state index in [2.05, 4.69) is 77.2 Å². The molecule has 0 radical (unpaired) electrons. The van der Waals surface area contributed by atoms with Gasteiger partial charge in [0, 0.05) is 11.4 Å². The lowest BCUT2D eigenvalue weighted by atomic mass is 9.74. The number of unbranched alkanes of at least 4 members (excludes halogenated alkanes) is 1. The molecular weight excluding hydrogens is 290 g/mol. The van der Waals surface area contributed by atoms with Crippen molar-refractivity contribution < 1.29 is 0 Å². The lowest BCUT2D eigenvalue weighted by molar-refractivity contribution is 0.365. The molecular formula is C23H35N. The van der Waals surface area contributed by atoms with Gasteiger partial charge in [0.05, 0.1) is 0 Å². The smallest absolute Gasteiger partial charge is 0.0400 e. The second-order valence-electron chi connectivity index (χ2n) is 7.97. The van der Waals surface area contributed by atoms with Crippen LogP contribution in [0.3, 0.4) is 0 Å². The third kappa shape index (κ3) is 4.53. The van der Waals surface area contributed by atoms with Gasteiger partial charge in [0.2, 0.25) is 0 Å². The summed E-state index contributed by atoms with van der Waals surface area (Å²) in [5, 5.41) is 3.67. The number of benzene rings is 1. The number of hydrogen-bond acceptors (Lipinski definition) is 1. The number of allylic oxidation sites excluding steroid dienone is 3. The van der Waals surface area contributed by atoms with Crippen molar-refractivity contribution in [2.75, 3.05) is 5.32 Å². The van der Waals surface area contributed by atoms with Crippen LogP contribution in [0.15, 0.2) is 47.2 Å². The summed E-state index contributed by atoms with van der Waals surface area (Å²) in [7, 11) is 0. The Hall–Kier alpha value is -1.50. The topological polar surface area (TPSA) is 12.0 Å². The molecule has 0 aliphatic heterocycles. The molecule has 1 aliphatic carbocycles. The van der Waals surface area contributed by atoms with Gasteiger partial charge in [-0.2, -0.15) is 0 Å². The standard InChI is InChI=1S/C23H35N/c1-7-9-14-23(6)15-18(4)22(19(5)16-23)24-21-12-10-20(11-13-21)17(3)8-2/h10-13,15,17,24H,7-9,14,16H2,1-6H3/t17-,23?/m1/s1. The summed E-state index contributed by atoms with van der Waals surface area (Å²) in [5.74, 6) is 0.635. The molecule has 1 aromatic rings. The molecule has 0 spiro atoms. The van der Waals surface area contributed by atoms with Crippen LogP contribution in [0.4, 0.5) is 5.69 Å². The molecule has 1 aromatic carbocycles. The monoisotopic (exact) mass is 325 g/mol. The minimum atomic E-state index is 0.329. The van der Waals surface area contributed by atoms with Gasteiger partial charge in [-0.3, -0.25) is 0 Å². The van der Waals surface area contributed by atoms with Gasteiger partial charge in [0.25, 0.3) is 0 Å². The summed E-state index contributed by atoms with van der Waals surface area (Å²) < 4.78 is 0. The average molecular weight is 326 g/mol. The largest absolute Gasteiger partial charge is 0.355 e. The third-order valence-electron chi connectivity index (χ3n) is 5.52. The molecule has 0 amide bonds. The van der Waals surface area contributed by atoms with Crippen LogP contribution in [0.1, 0.15) is 85.1 Å². The Morgan fingerprint density at radius 1 is 1.12 bits per heavy atom. The Bertz CT molecular complexity index is 605. The van der Waals surface area contributed by atoms with Gasteiger partial charge >= 0.3 is 0 Å². The summed E-state index contributed by atoms with van der Waals surface area (Å²) in [6, 6.07) is 8.97. The van der Waals surface area contributed by atoms with Crippen LogP contribution in [-0.2, 0) is 0 Å². The molecule has 2 atom stereocenters. The molecule has 1 heteroatoms. The Morgan fingerprint density at radius 3 is 2.33 bits per heavy atom. The highest BCUT2D eigenvalue weighted by Gasteiger charge is 2.27. The predicted molar refractivity (Wildman–Crippen MR) is 107 cm³/mol. The highest BCUT2D eigenvalue weighted by molar-refractivity contribution is 5.56. The summed E-state index contributed by atoms with van der Waals surface area (Å²) >= 11 is 0. The van der Waals surface area contributed by atoms with Crippen molar-refractivity contribution in [3.63, 3.8) is 0 Å². The van der Waals surface area contributed by atoms with Gasteiger partial charge in [0.15, 0.2) is 0 Å². The molecule has 0 saturated heterocycles. The highest BCUT2D eigenvalue weighted by Crippen LogP contribution is 2.41. The Kier molecular flexibility index (Phi) is 6.32. The van der Waals surface area contributed by atoms with Crippen LogP contribution in [0.2, 0.25) is 0 Å². The molecule has 2 rings (SSSR count). The van der Waals surface area contributed by atoms with Gasteiger partial charge in [-0.05, 0) is 73.3 Å². The fourth-order valence-electron chi connectivity index (χ4n) is 3.90. The maximum Gasteiger partial charge on any atom is 0.0400 e. The Labute approximate surface area is 149 Å². The van der Waals surface area contributed by atoms with Crippen molar-refractivity contribution in [2.45, 2.75) is 79.6 Å². The number of hydrogen-bond donors (Lipinski definition) is 1. The zero-order valence-corrected chi connectivity index (χ0v) is 16.5. The van der Waals surface area contributed by atoms with E-state index >= 15 is 0 Å². The van der Waals surface area contributed by atoms with E-state index in [1.54, 1.807) is 0 Å². The van der Waals surface area contributed by atoms with E-state index in [0.29, 0.717) is 11.3 Å². The summed E-state index contributed by atoms with van der Waals surface area (Å²) in [6.07, 6.45) is 8.72. The molecule has 1 unspecified atom stereocenters. The van der Waals surface area contributed by atoms with Crippen molar-refractivity contribution >= 4 is 5.69 Å². The molecule has 0 aromatic heterocycles. The number of anilines is 1. The first-order valence-electron chi connectivity index (χ1n) is 9.65. The van der Waals surface area contributed by atoms with Crippen LogP contribution in [0.5, 0.6) is 0 Å². The third-order valence-corrected chi connectivity index (χ3v) is 5.52. The molecule has 0 saturated carbocycles. The fraction of sp³-hybridized carbons (Fsp3) is 0.565. The van der Waals surface area contributed by atoms with Crippen molar-refractivity contribution in [3.05, 3.63) is 52.7 Å². The van der Waals surface area contributed by atoms with Gasteiger partial charge in [-0.25, -0.2) is 0 Å². The lowest BCUT2D eigenvalue weighted by Crippen LogP contribution is -2.21. The molecule has 0 fully saturated rings. The first-order chi connectivity index (χ1) is 11.4. The maximum atomic E-state index is 3.67. The Balaban J connectivity index is 2.12. The van der Waals surface area contributed by atoms with E-state index in [1.165, 1.54) is 53.8 Å². The maximum absolute atomic E-state index is 3.67. The van der Waals surface area contributed by atoms with Crippen molar-refractivity contribution in [1.29, 1.82) is 0 Å². The number of rotatable bonds is 7. The highest BCUT2D eigenvalue weighted by atomic mass is 14.9. The molecule has 0 bridgehead atoms. The quantitative estimate of drug-likeness (QED) is 0.549. The molecule has 0 heterocycles. The number of nitrogens with one attached hydrogen (secondary N) is 1. The second kappa shape index (κ2) is 8.05. The lowest BCUT2D eigenvalue weighted by Gasteiger charge is -2.33. The zero-order chi connectivity index (χ0) is 17.7. The van der Waals surface area contributed by atoms with Crippen molar-refractivity contribution in [1.82, 2.24) is 0 Å². The van der Waals surface area contributed by atoms with E-state index in [-0.39, 0.29) is 0 Å². The summed E-state index contributed by atoms with van der Waals surface area (Å²) in [6.45, 7) is 13.8. The van der Waals surface area contributed by atoms with Gasteiger partial charge < -0.3 is 5.32 Å². The van der Waals surface area contributed by atoms with Gasteiger partial charge in [-0.15, -0.1) is 0 Å². The van der Waals surface area contributed by atoms with Crippen LogP contribution in [0, 0.1) is 5.41 Å². The minimum absolute atomic E-state index is 0.329. The normalized spacial score (nSPS) is 22.3. The van der Waals surface area contributed by atoms with E-state index in [0.717, 1.165) is 6.42 Å².